The molecule has 0 spiro atoms. The van der Waals surface area contributed by atoms with Crippen molar-refractivity contribution in [2.75, 3.05) is 18.8 Å². The van der Waals surface area contributed by atoms with Gasteiger partial charge in [0.2, 0.25) is 10.0 Å². The normalized spacial score (nSPS) is 18.1. The molecule has 3 N–H and O–H groups in total. The van der Waals surface area contributed by atoms with Gasteiger partial charge >= 0.3 is 0 Å². The minimum absolute atomic E-state index is 0.0166. The van der Waals surface area contributed by atoms with Gasteiger partial charge in [0, 0.05) is 13.1 Å². The molecular weight excluding hydrogens is 266 g/mol. The molecule has 2 rings (SSSR count). The van der Waals surface area contributed by atoms with E-state index in [2.05, 4.69) is 0 Å². The Hall–Kier alpha value is -1.62. The van der Waals surface area contributed by atoms with Crippen molar-refractivity contribution >= 4 is 15.7 Å². The summed E-state index contributed by atoms with van der Waals surface area (Å²) in [5.41, 5.74) is 6.11. The molecule has 0 amide bonds. The van der Waals surface area contributed by atoms with Gasteiger partial charge in [0.1, 0.15) is 4.90 Å². The average Bonchev–Trinajstić information content (AvgIpc) is 2.38. The SMILES string of the molecule is N#Cc1ccc(S(=O)(=O)N2CCC(O)CC2)c(N)c1. The molecule has 1 aromatic carbocycles. The number of aliphatic hydroxyl groups excluding tert-OH is 1. The van der Waals surface area contributed by atoms with Gasteiger partial charge in [-0.05, 0) is 31.0 Å². The van der Waals surface area contributed by atoms with Crippen LogP contribution in [0.5, 0.6) is 0 Å². The average molecular weight is 281 g/mol. The number of hydrogen-bond acceptors (Lipinski definition) is 5. The van der Waals surface area contributed by atoms with Gasteiger partial charge in [-0.15, -0.1) is 0 Å². The third-order valence-electron chi connectivity index (χ3n) is 3.18. The molecule has 1 aliphatic heterocycles. The van der Waals surface area contributed by atoms with Gasteiger partial charge in [0.25, 0.3) is 0 Å². The van der Waals surface area contributed by atoms with E-state index < -0.39 is 16.1 Å². The Kier molecular flexibility index (Phi) is 3.75. The maximum atomic E-state index is 12.4. The Bertz CT molecular complexity index is 614. The van der Waals surface area contributed by atoms with E-state index in [-0.39, 0.29) is 23.7 Å². The predicted molar refractivity (Wildman–Crippen MR) is 69.6 cm³/mol. The molecule has 19 heavy (non-hydrogen) atoms. The highest BCUT2D eigenvalue weighted by Gasteiger charge is 2.30. The van der Waals surface area contributed by atoms with Crippen LogP contribution in [0.3, 0.4) is 0 Å². The second kappa shape index (κ2) is 5.17. The van der Waals surface area contributed by atoms with E-state index in [1.165, 1.54) is 22.5 Å². The summed E-state index contributed by atoms with van der Waals surface area (Å²) in [6.45, 7) is 0.561. The molecule has 1 aliphatic rings. The number of nitrogens with zero attached hydrogens (tertiary/aromatic N) is 2. The number of rotatable bonds is 2. The van der Waals surface area contributed by atoms with Crippen LogP contribution in [-0.2, 0) is 10.0 Å². The van der Waals surface area contributed by atoms with Crippen LogP contribution in [0.15, 0.2) is 23.1 Å². The molecule has 102 valence electrons. The highest BCUT2D eigenvalue weighted by atomic mass is 32.2. The predicted octanol–water partition coefficient (Wildman–Crippen LogP) is 0.286. The topological polar surface area (TPSA) is 107 Å². The number of anilines is 1. The number of sulfonamides is 1. The Morgan fingerprint density at radius 2 is 2.00 bits per heavy atom. The Labute approximate surface area is 112 Å². The fourth-order valence-electron chi connectivity index (χ4n) is 2.07. The molecular formula is C12H15N3O3S. The van der Waals surface area contributed by atoms with Crippen LogP contribution in [0.4, 0.5) is 5.69 Å². The number of piperidine rings is 1. The lowest BCUT2D eigenvalue weighted by Gasteiger charge is -2.29. The molecule has 6 nitrogen and oxygen atoms in total. The summed E-state index contributed by atoms with van der Waals surface area (Å²) >= 11 is 0. The molecule has 1 fully saturated rings. The van der Waals surface area contributed by atoms with Crippen molar-refractivity contribution < 1.29 is 13.5 Å². The van der Waals surface area contributed by atoms with Crippen molar-refractivity contribution in [3.8, 4) is 6.07 Å². The highest BCUT2D eigenvalue weighted by Crippen LogP contribution is 2.25. The first-order valence-corrected chi connectivity index (χ1v) is 7.37. The summed E-state index contributed by atoms with van der Waals surface area (Å²) in [4.78, 5) is 0.0166. The second-order valence-corrected chi connectivity index (χ2v) is 6.41. The molecule has 1 aromatic rings. The highest BCUT2D eigenvalue weighted by molar-refractivity contribution is 7.89. The fourth-order valence-corrected chi connectivity index (χ4v) is 3.64. The molecule has 0 atom stereocenters. The van der Waals surface area contributed by atoms with Gasteiger partial charge in [-0.3, -0.25) is 0 Å². The molecule has 1 saturated heterocycles. The third kappa shape index (κ3) is 2.71. The van der Waals surface area contributed by atoms with Crippen molar-refractivity contribution in [1.29, 1.82) is 5.26 Å². The van der Waals surface area contributed by atoms with Crippen molar-refractivity contribution in [2.45, 2.75) is 23.8 Å². The first kappa shape index (κ1) is 13.8. The number of aliphatic hydroxyl groups is 1. The summed E-state index contributed by atoms with van der Waals surface area (Å²) < 4.78 is 26.1. The minimum atomic E-state index is -3.65. The molecule has 1 heterocycles. The Morgan fingerprint density at radius 3 is 2.53 bits per heavy atom. The zero-order valence-electron chi connectivity index (χ0n) is 10.3. The monoisotopic (exact) mass is 281 g/mol. The molecule has 0 aromatic heterocycles. The van der Waals surface area contributed by atoms with E-state index in [9.17, 15) is 13.5 Å². The van der Waals surface area contributed by atoms with Gasteiger partial charge < -0.3 is 10.8 Å². The summed E-state index contributed by atoms with van der Waals surface area (Å²) in [5, 5.41) is 18.1. The molecule has 0 bridgehead atoms. The number of benzene rings is 1. The van der Waals surface area contributed by atoms with Gasteiger partial charge in [-0.25, -0.2) is 8.42 Å². The van der Waals surface area contributed by atoms with Crippen molar-refractivity contribution in [3.05, 3.63) is 23.8 Å². The first-order valence-electron chi connectivity index (χ1n) is 5.93. The lowest BCUT2D eigenvalue weighted by molar-refractivity contribution is 0.113. The molecule has 0 unspecified atom stereocenters. The van der Waals surface area contributed by atoms with Crippen LogP contribution in [-0.4, -0.2) is 37.0 Å². The summed E-state index contributed by atoms with van der Waals surface area (Å²) in [6, 6.07) is 6.05. The lowest BCUT2D eigenvalue weighted by atomic mass is 10.1. The summed E-state index contributed by atoms with van der Waals surface area (Å²) in [6.07, 6.45) is 0.412. The van der Waals surface area contributed by atoms with Crippen LogP contribution in [0.25, 0.3) is 0 Å². The maximum Gasteiger partial charge on any atom is 0.245 e. The van der Waals surface area contributed by atoms with Crippen molar-refractivity contribution in [3.63, 3.8) is 0 Å². The zero-order chi connectivity index (χ0) is 14.0. The maximum absolute atomic E-state index is 12.4. The third-order valence-corrected chi connectivity index (χ3v) is 5.15. The summed E-state index contributed by atoms with van der Waals surface area (Å²) in [5.74, 6) is 0. The largest absolute Gasteiger partial charge is 0.398 e. The van der Waals surface area contributed by atoms with Crippen LogP contribution < -0.4 is 5.73 Å². The molecule has 7 heteroatoms. The van der Waals surface area contributed by atoms with Crippen LogP contribution >= 0.6 is 0 Å². The smallest absolute Gasteiger partial charge is 0.245 e. The second-order valence-electron chi connectivity index (χ2n) is 4.50. The van der Waals surface area contributed by atoms with Gasteiger partial charge in [-0.2, -0.15) is 9.57 Å². The van der Waals surface area contributed by atoms with E-state index in [1.807, 2.05) is 6.07 Å². The standard InChI is InChI=1S/C12H15N3O3S/c13-8-9-1-2-12(11(14)7-9)19(17,18)15-5-3-10(16)4-6-15/h1-2,7,10,16H,3-6,14H2. The van der Waals surface area contributed by atoms with Crippen LogP contribution in [0.2, 0.25) is 0 Å². The molecule has 0 radical (unpaired) electrons. The van der Waals surface area contributed by atoms with E-state index in [0.717, 1.165) is 0 Å². The van der Waals surface area contributed by atoms with Gasteiger partial charge in [0.05, 0.1) is 23.4 Å². The van der Waals surface area contributed by atoms with Crippen LogP contribution in [0, 0.1) is 11.3 Å². The van der Waals surface area contributed by atoms with Crippen LogP contribution in [0.1, 0.15) is 18.4 Å². The van der Waals surface area contributed by atoms with Crippen molar-refractivity contribution in [2.24, 2.45) is 0 Å². The number of nitriles is 1. The number of hydrogen-bond donors (Lipinski definition) is 2. The lowest BCUT2D eigenvalue weighted by Crippen LogP contribution is -2.40. The van der Waals surface area contributed by atoms with E-state index in [4.69, 9.17) is 11.0 Å². The van der Waals surface area contributed by atoms with Gasteiger partial charge in [-0.1, -0.05) is 0 Å². The zero-order valence-corrected chi connectivity index (χ0v) is 11.1. The van der Waals surface area contributed by atoms with Gasteiger partial charge in [0.15, 0.2) is 0 Å². The fraction of sp³-hybridized carbons (Fsp3) is 0.417. The first-order chi connectivity index (χ1) is 8.95. The Balaban J connectivity index is 2.32. The minimum Gasteiger partial charge on any atom is -0.398 e. The van der Waals surface area contributed by atoms with E-state index >= 15 is 0 Å². The van der Waals surface area contributed by atoms with E-state index in [1.54, 1.807) is 0 Å². The number of nitrogen functional groups attached to an aromatic ring is 1. The molecule has 0 aliphatic carbocycles. The Morgan fingerprint density at radius 1 is 1.37 bits per heavy atom. The van der Waals surface area contributed by atoms with Crippen molar-refractivity contribution in [1.82, 2.24) is 4.31 Å². The summed E-state index contributed by atoms with van der Waals surface area (Å²) in [7, 11) is -3.65. The quantitative estimate of drug-likeness (QED) is 0.757. The number of nitrogens with two attached hydrogens (primary N) is 1. The van der Waals surface area contributed by atoms with E-state index in [0.29, 0.717) is 18.4 Å². The molecule has 0 saturated carbocycles.